The Hall–Kier alpha value is -1.08. The minimum Gasteiger partial charge on any atom is -0.381 e. The van der Waals surface area contributed by atoms with E-state index in [1.807, 2.05) is 4.72 Å². The Morgan fingerprint density at radius 3 is 2.60 bits per heavy atom. The van der Waals surface area contributed by atoms with Gasteiger partial charge < -0.3 is 10.1 Å². The molecule has 0 saturated carbocycles. The average Bonchev–Trinajstić information content (AvgIpc) is 3.05. The van der Waals surface area contributed by atoms with Gasteiger partial charge in [-0.05, 0) is 25.0 Å². The molecule has 3 rings (SSSR count). The molecule has 2 heterocycles. The topological polar surface area (TPSA) is 106 Å². The number of urea groups is 1. The number of ether oxygens (including phenoxy) is 1. The minimum absolute atomic E-state index is 0. The zero-order chi connectivity index (χ0) is 21.2. The Kier molecular flexibility index (Phi) is 8.80. The summed E-state index contributed by atoms with van der Waals surface area (Å²) < 4.78 is 49.8. The zero-order valence-corrected chi connectivity index (χ0v) is 20.6. The standard InChI is InChI=1S/C16H18Cl2FN5O4S.Na/c1-23-9-12(8-20-23)24(11-2-4-28-5-3-11)29(26,27)22-16(25)21-14-7-10(17)6-13(18)15(14)19;/h6-9,11H,2-5H2,1H3,(H2,21,22,25);. The van der Waals surface area contributed by atoms with E-state index in [0.717, 1.165) is 16.4 Å². The first-order valence-corrected chi connectivity index (χ1v) is 10.7. The summed E-state index contributed by atoms with van der Waals surface area (Å²) in [7, 11) is -2.70. The van der Waals surface area contributed by atoms with Crippen LogP contribution in [0.2, 0.25) is 10.0 Å². The molecule has 0 unspecified atom stereocenters. The largest absolute Gasteiger partial charge is 0.381 e. The SMILES string of the molecule is Cn1cc(N(C2CCOCC2)S(=O)(=O)NC(=O)Nc2cc(Cl)cc(Cl)c2F)cn1.[Na]. The Bertz CT molecular complexity index is 1020. The number of amides is 2. The third kappa shape index (κ3) is 6.00. The fraction of sp³-hybridized carbons (Fsp3) is 0.375. The summed E-state index contributed by atoms with van der Waals surface area (Å²) >= 11 is 11.5. The van der Waals surface area contributed by atoms with Crippen LogP contribution in [0.5, 0.6) is 0 Å². The first-order valence-electron chi connectivity index (χ1n) is 8.51. The normalized spacial score (nSPS) is 14.7. The van der Waals surface area contributed by atoms with E-state index in [2.05, 4.69) is 10.4 Å². The van der Waals surface area contributed by atoms with Crippen molar-refractivity contribution in [1.29, 1.82) is 0 Å². The second kappa shape index (κ2) is 10.5. The van der Waals surface area contributed by atoms with Crippen molar-refractivity contribution < 1.29 is 22.3 Å². The summed E-state index contributed by atoms with van der Waals surface area (Å²) in [5.41, 5.74) is -0.0640. The third-order valence-electron chi connectivity index (χ3n) is 4.19. The van der Waals surface area contributed by atoms with Gasteiger partial charge in [0.25, 0.3) is 0 Å². The molecule has 1 aliphatic heterocycles. The summed E-state index contributed by atoms with van der Waals surface area (Å²) in [6.45, 7) is 0.769. The van der Waals surface area contributed by atoms with Gasteiger partial charge in [-0.15, -0.1) is 0 Å². The molecule has 1 aromatic heterocycles. The average molecular weight is 489 g/mol. The Morgan fingerprint density at radius 1 is 1.33 bits per heavy atom. The quantitative estimate of drug-likeness (QED) is 0.496. The van der Waals surface area contributed by atoms with E-state index in [1.165, 1.54) is 17.1 Å². The molecular weight excluding hydrogens is 471 g/mol. The summed E-state index contributed by atoms with van der Waals surface area (Å²) in [5, 5.41) is 5.88. The van der Waals surface area contributed by atoms with E-state index in [0.29, 0.717) is 26.1 Å². The molecule has 159 valence electrons. The molecule has 2 aromatic rings. The number of aromatic nitrogens is 2. The van der Waals surface area contributed by atoms with E-state index >= 15 is 0 Å². The monoisotopic (exact) mass is 488 g/mol. The second-order valence-electron chi connectivity index (χ2n) is 6.32. The van der Waals surface area contributed by atoms with Crippen molar-refractivity contribution in [2.45, 2.75) is 18.9 Å². The summed E-state index contributed by atoms with van der Waals surface area (Å²) in [6.07, 6.45) is 3.78. The first kappa shape index (κ1) is 25.2. The maximum Gasteiger partial charge on any atom is 0.334 e. The van der Waals surface area contributed by atoms with Crippen LogP contribution < -0.4 is 14.3 Å². The molecule has 2 amide bonds. The van der Waals surface area contributed by atoms with Crippen LogP contribution in [-0.4, -0.2) is 73.0 Å². The predicted molar refractivity (Wildman–Crippen MR) is 113 cm³/mol. The van der Waals surface area contributed by atoms with Gasteiger partial charge in [0, 0.05) is 61.0 Å². The number of carbonyl (C=O) groups excluding carboxylic acids is 1. The molecule has 0 spiro atoms. The fourth-order valence-corrected chi connectivity index (χ4v) is 4.80. The van der Waals surface area contributed by atoms with Gasteiger partial charge in [-0.1, -0.05) is 23.2 Å². The van der Waals surface area contributed by atoms with E-state index < -0.39 is 28.1 Å². The van der Waals surface area contributed by atoms with Crippen molar-refractivity contribution in [3.8, 4) is 0 Å². The molecule has 1 radical (unpaired) electrons. The van der Waals surface area contributed by atoms with Crippen LogP contribution in [-0.2, 0) is 22.0 Å². The summed E-state index contributed by atoms with van der Waals surface area (Å²) in [5.74, 6) is -0.933. The molecule has 2 N–H and O–H groups in total. The molecular formula is C16H18Cl2FN5NaO4S. The third-order valence-corrected chi connectivity index (χ3v) is 6.15. The van der Waals surface area contributed by atoms with Crippen molar-refractivity contribution in [2.24, 2.45) is 7.05 Å². The number of hydrogen-bond acceptors (Lipinski definition) is 5. The number of carbonyl (C=O) groups is 1. The van der Waals surface area contributed by atoms with Gasteiger partial charge in [0.2, 0.25) is 0 Å². The van der Waals surface area contributed by atoms with Crippen molar-refractivity contribution in [2.75, 3.05) is 22.8 Å². The van der Waals surface area contributed by atoms with Crippen molar-refractivity contribution in [3.63, 3.8) is 0 Å². The number of aryl methyl sites for hydroxylation is 1. The van der Waals surface area contributed by atoms with Gasteiger partial charge in [0.1, 0.15) is 0 Å². The molecule has 1 aromatic carbocycles. The smallest absolute Gasteiger partial charge is 0.334 e. The summed E-state index contributed by atoms with van der Waals surface area (Å²) in [4.78, 5) is 12.3. The fourth-order valence-electron chi connectivity index (χ4n) is 2.95. The molecule has 1 aliphatic rings. The number of benzene rings is 1. The molecule has 30 heavy (non-hydrogen) atoms. The van der Waals surface area contributed by atoms with Crippen LogP contribution in [0.4, 0.5) is 20.6 Å². The van der Waals surface area contributed by atoms with Gasteiger partial charge in [-0.25, -0.2) is 18.2 Å². The Morgan fingerprint density at radius 2 is 2.00 bits per heavy atom. The molecule has 1 fully saturated rings. The first-order chi connectivity index (χ1) is 13.7. The molecule has 14 heteroatoms. The number of nitrogens with one attached hydrogen (secondary N) is 2. The van der Waals surface area contributed by atoms with Crippen LogP contribution in [0.25, 0.3) is 0 Å². The number of hydrogen-bond donors (Lipinski definition) is 2. The zero-order valence-electron chi connectivity index (χ0n) is 16.2. The molecule has 1 saturated heterocycles. The van der Waals surface area contributed by atoms with Crippen LogP contribution in [0.3, 0.4) is 0 Å². The summed E-state index contributed by atoms with van der Waals surface area (Å²) in [6, 6.07) is 0.679. The van der Waals surface area contributed by atoms with Gasteiger partial charge in [0.15, 0.2) is 5.82 Å². The van der Waals surface area contributed by atoms with E-state index in [4.69, 9.17) is 27.9 Å². The van der Waals surface area contributed by atoms with E-state index in [1.54, 1.807) is 7.05 Å². The maximum absolute atomic E-state index is 14.1. The molecule has 0 atom stereocenters. The minimum atomic E-state index is -4.34. The molecule has 0 aliphatic carbocycles. The second-order valence-corrected chi connectivity index (χ2v) is 8.71. The predicted octanol–water partition coefficient (Wildman–Crippen LogP) is 2.54. The van der Waals surface area contributed by atoms with Crippen LogP contribution in [0.1, 0.15) is 12.8 Å². The number of anilines is 2. The molecule has 0 bridgehead atoms. The van der Waals surface area contributed by atoms with Gasteiger partial charge in [0.05, 0.1) is 28.6 Å². The Balaban J connectivity index is 0.00000320. The maximum atomic E-state index is 14.1. The van der Waals surface area contributed by atoms with E-state index in [-0.39, 0.29) is 51.0 Å². The van der Waals surface area contributed by atoms with Crippen molar-refractivity contribution >= 4 is 80.4 Å². The van der Waals surface area contributed by atoms with Crippen LogP contribution in [0.15, 0.2) is 24.5 Å². The van der Waals surface area contributed by atoms with Crippen molar-refractivity contribution in [1.82, 2.24) is 14.5 Å². The Labute approximate surface area is 205 Å². The number of halogens is 3. The van der Waals surface area contributed by atoms with Crippen molar-refractivity contribution in [3.05, 3.63) is 40.4 Å². The van der Waals surface area contributed by atoms with Gasteiger partial charge in [-0.3, -0.25) is 4.68 Å². The van der Waals surface area contributed by atoms with Gasteiger partial charge in [-0.2, -0.15) is 13.5 Å². The number of rotatable bonds is 5. The van der Waals surface area contributed by atoms with Crippen LogP contribution in [0, 0.1) is 5.82 Å². The van der Waals surface area contributed by atoms with E-state index in [9.17, 15) is 17.6 Å². The molecule has 9 nitrogen and oxygen atoms in total. The number of nitrogens with zero attached hydrogens (tertiary/aromatic N) is 3. The van der Waals surface area contributed by atoms with Gasteiger partial charge >= 0.3 is 16.2 Å². The van der Waals surface area contributed by atoms with Crippen LogP contribution >= 0.6 is 23.2 Å².